The highest BCUT2D eigenvalue weighted by molar-refractivity contribution is 5.81. The van der Waals surface area contributed by atoms with Crippen molar-refractivity contribution in [3.8, 4) is 0 Å². The van der Waals surface area contributed by atoms with E-state index in [0.717, 1.165) is 31.5 Å². The smallest absolute Gasteiger partial charge is 0.269 e. The van der Waals surface area contributed by atoms with Gasteiger partial charge in [0.05, 0.1) is 10.6 Å². The number of rotatable bonds is 2. The molecule has 6 nitrogen and oxygen atoms in total. The average molecular weight is 248 g/mol. The van der Waals surface area contributed by atoms with Crippen LogP contribution in [0.25, 0.3) is 0 Å². The molecule has 6 heteroatoms. The summed E-state index contributed by atoms with van der Waals surface area (Å²) in [5.74, 6) is 0.490. The largest absolute Gasteiger partial charge is 0.369 e. The summed E-state index contributed by atoms with van der Waals surface area (Å²) in [6.07, 6.45) is 2.27. The molecule has 0 saturated carbocycles. The number of nitrogens with two attached hydrogens (primary N) is 1. The summed E-state index contributed by atoms with van der Waals surface area (Å²) in [5.41, 5.74) is 7.44. The lowest BCUT2D eigenvalue weighted by molar-refractivity contribution is -0.384. The predicted octanol–water partition coefficient (Wildman–Crippen LogP) is 1.95. The third kappa shape index (κ3) is 2.58. The molecule has 1 saturated heterocycles. The Kier molecular flexibility index (Phi) is 3.45. The van der Waals surface area contributed by atoms with Gasteiger partial charge in [-0.25, -0.2) is 4.99 Å². The van der Waals surface area contributed by atoms with Crippen molar-refractivity contribution in [1.82, 2.24) is 4.90 Å². The number of benzene rings is 1. The fourth-order valence-corrected chi connectivity index (χ4v) is 2.02. The molecule has 1 aromatic rings. The van der Waals surface area contributed by atoms with Gasteiger partial charge in [-0.05, 0) is 31.4 Å². The van der Waals surface area contributed by atoms with Crippen LogP contribution in [-0.2, 0) is 0 Å². The van der Waals surface area contributed by atoms with Crippen LogP contribution in [0.3, 0.4) is 0 Å². The lowest BCUT2D eigenvalue weighted by Crippen LogP contribution is -2.34. The molecule has 0 amide bonds. The summed E-state index contributed by atoms with van der Waals surface area (Å²) in [6, 6.07) is 4.59. The van der Waals surface area contributed by atoms with Gasteiger partial charge >= 0.3 is 0 Å². The molecule has 1 aliphatic heterocycles. The molecule has 0 bridgehead atoms. The van der Waals surface area contributed by atoms with Crippen LogP contribution in [0.4, 0.5) is 11.4 Å². The maximum atomic E-state index is 10.6. The van der Waals surface area contributed by atoms with Gasteiger partial charge in [0.2, 0.25) is 0 Å². The van der Waals surface area contributed by atoms with Crippen LogP contribution >= 0.6 is 0 Å². The Morgan fingerprint density at radius 2 is 2.11 bits per heavy atom. The van der Waals surface area contributed by atoms with Crippen molar-refractivity contribution < 1.29 is 4.92 Å². The molecule has 0 spiro atoms. The number of nitro benzene ring substituents is 1. The maximum Gasteiger partial charge on any atom is 0.269 e. The zero-order chi connectivity index (χ0) is 13.1. The topological polar surface area (TPSA) is 84.8 Å². The van der Waals surface area contributed by atoms with E-state index in [1.807, 2.05) is 4.90 Å². The number of nitrogens with zero attached hydrogens (tertiary/aromatic N) is 3. The number of aryl methyl sites for hydroxylation is 1. The minimum atomic E-state index is -0.412. The Morgan fingerprint density at radius 1 is 1.44 bits per heavy atom. The molecular formula is C12H16N4O2. The molecular weight excluding hydrogens is 232 g/mol. The molecule has 1 aromatic carbocycles. The lowest BCUT2D eigenvalue weighted by Gasteiger charge is -2.16. The minimum Gasteiger partial charge on any atom is -0.369 e. The molecule has 1 fully saturated rings. The van der Waals surface area contributed by atoms with Crippen LogP contribution in [0, 0.1) is 17.0 Å². The highest BCUT2D eigenvalue weighted by Crippen LogP contribution is 2.24. The first-order valence-electron chi connectivity index (χ1n) is 5.92. The molecule has 0 aliphatic carbocycles. The molecule has 1 aliphatic rings. The molecule has 0 atom stereocenters. The summed E-state index contributed by atoms with van der Waals surface area (Å²) in [7, 11) is 0. The summed E-state index contributed by atoms with van der Waals surface area (Å²) in [4.78, 5) is 16.6. The Bertz CT molecular complexity index is 493. The number of guanidine groups is 1. The lowest BCUT2D eigenvalue weighted by atomic mass is 10.2. The van der Waals surface area contributed by atoms with E-state index < -0.39 is 4.92 Å². The van der Waals surface area contributed by atoms with Crippen LogP contribution in [-0.4, -0.2) is 28.9 Å². The fourth-order valence-electron chi connectivity index (χ4n) is 2.02. The van der Waals surface area contributed by atoms with E-state index in [9.17, 15) is 10.1 Å². The Morgan fingerprint density at radius 3 is 2.67 bits per heavy atom. The molecule has 0 radical (unpaired) electrons. The third-order valence-corrected chi connectivity index (χ3v) is 3.06. The maximum absolute atomic E-state index is 10.6. The van der Waals surface area contributed by atoms with E-state index in [1.165, 1.54) is 12.1 Å². The Labute approximate surface area is 105 Å². The highest BCUT2D eigenvalue weighted by atomic mass is 16.6. The van der Waals surface area contributed by atoms with E-state index >= 15 is 0 Å². The van der Waals surface area contributed by atoms with Gasteiger partial charge in [-0.15, -0.1) is 0 Å². The van der Waals surface area contributed by atoms with Crippen molar-refractivity contribution in [3.05, 3.63) is 33.9 Å². The van der Waals surface area contributed by atoms with Crippen molar-refractivity contribution in [2.45, 2.75) is 19.8 Å². The molecule has 0 unspecified atom stereocenters. The molecule has 0 aromatic heterocycles. The van der Waals surface area contributed by atoms with E-state index in [2.05, 4.69) is 4.99 Å². The zero-order valence-electron chi connectivity index (χ0n) is 10.3. The van der Waals surface area contributed by atoms with Crippen LogP contribution in [0.15, 0.2) is 23.2 Å². The van der Waals surface area contributed by atoms with Crippen LogP contribution < -0.4 is 5.73 Å². The van der Waals surface area contributed by atoms with E-state index in [1.54, 1.807) is 13.0 Å². The van der Waals surface area contributed by atoms with Gasteiger partial charge < -0.3 is 10.6 Å². The Balaban J connectivity index is 2.23. The number of likely N-dealkylation sites (tertiary alicyclic amines) is 1. The summed E-state index contributed by atoms with van der Waals surface area (Å²) < 4.78 is 0. The van der Waals surface area contributed by atoms with Gasteiger partial charge in [0.25, 0.3) is 5.69 Å². The van der Waals surface area contributed by atoms with E-state index in [4.69, 9.17) is 5.73 Å². The fraction of sp³-hybridized carbons (Fsp3) is 0.417. The minimum absolute atomic E-state index is 0.0752. The summed E-state index contributed by atoms with van der Waals surface area (Å²) in [6.45, 7) is 3.66. The number of hydrogen-bond acceptors (Lipinski definition) is 3. The van der Waals surface area contributed by atoms with Crippen LogP contribution in [0.5, 0.6) is 0 Å². The van der Waals surface area contributed by atoms with Crippen molar-refractivity contribution >= 4 is 17.3 Å². The summed E-state index contributed by atoms with van der Waals surface area (Å²) >= 11 is 0. The monoisotopic (exact) mass is 248 g/mol. The van der Waals surface area contributed by atoms with Gasteiger partial charge in [-0.2, -0.15) is 0 Å². The van der Waals surface area contributed by atoms with Gasteiger partial charge in [0, 0.05) is 25.2 Å². The first kappa shape index (κ1) is 12.3. The number of non-ortho nitro benzene ring substituents is 1. The van der Waals surface area contributed by atoms with Crippen molar-refractivity contribution in [3.63, 3.8) is 0 Å². The van der Waals surface area contributed by atoms with Crippen LogP contribution in [0.2, 0.25) is 0 Å². The van der Waals surface area contributed by atoms with E-state index in [0.29, 0.717) is 11.6 Å². The molecule has 18 heavy (non-hydrogen) atoms. The zero-order valence-corrected chi connectivity index (χ0v) is 10.3. The first-order valence-corrected chi connectivity index (χ1v) is 5.92. The van der Waals surface area contributed by atoms with Crippen molar-refractivity contribution in [1.29, 1.82) is 0 Å². The summed E-state index contributed by atoms with van der Waals surface area (Å²) in [5, 5.41) is 10.6. The number of aliphatic imine (C=N–C) groups is 1. The molecule has 96 valence electrons. The standard InChI is InChI=1S/C12H16N4O2/c1-9-8-10(16(17)18)4-5-11(9)14-12(13)15-6-2-3-7-15/h4-5,8H,2-3,6-7H2,1H3,(H2,13,14). The van der Waals surface area contributed by atoms with Gasteiger partial charge in [-0.3, -0.25) is 10.1 Å². The second-order valence-electron chi connectivity index (χ2n) is 4.39. The normalized spacial score (nSPS) is 16.1. The highest BCUT2D eigenvalue weighted by Gasteiger charge is 2.14. The quantitative estimate of drug-likeness (QED) is 0.375. The van der Waals surface area contributed by atoms with E-state index in [-0.39, 0.29) is 5.69 Å². The molecule has 2 N–H and O–H groups in total. The van der Waals surface area contributed by atoms with Gasteiger partial charge in [-0.1, -0.05) is 0 Å². The second-order valence-corrected chi connectivity index (χ2v) is 4.39. The molecule has 1 heterocycles. The SMILES string of the molecule is Cc1cc([N+](=O)[O-])ccc1N=C(N)N1CCCC1. The number of hydrogen-bond donors (Lipinski definition) is 1. The predicted molar refractivity (Wildman–Crippen MR) is 69.9 cm³/mol. The first-order chi connectivity index (χ1) is 8.58. The average Bonchev–Trinajstić information content (AvgIpc) is 2.85. The van der Waals surface area contributed by atoms with Crippen LogP contribution in [0.1, 0.15) is 18.4 Å². The molecule has 2 rings (SSSR count). The van der Waals surface area contributed by atoms with Crippen molar-refractivity contribution in [2.75, 3.05) is 13.1 Å². The van der Waals surface area contributed by atoms with Gasteiger partial charge in [0.15, 0.2) is 5.96 Å². The van der Waals surface area contributed by atoms with Crippen molar-refractivity contribution in [2.24, 2.45) is 10.7 Å². The Hall–Kier alpha value is -2.11. The third-order valence-electron chi connectivity index (χ3n) is 3.06. The second kappa shape index (κ2) is 5.03. The van der Waals surface area contributed by atoms with Gasteiger partial charge in [0.1, 0.15) is 0 Å². The number of nitro groups is 1.